The van der Waals surface area contributed by atoms with Crippen LogP contribution in [-0.4, -0.2) is 0 Å². The summed E-state index contributed by atoms with van der Waals surface area (Å²) < 4.78 is 15.4. The number of nitrogens with zero attached hydrogens (tertiary/aromatic N) is 1. The molecule has 1 aliphatic rings. The fourth-order valence-electron chi connectivity index (χ4n) is 4.33. The summed E-state index contributed by atoms with van der Waals surface area (Å²) >= 11 is 0. The maximum absolute atomic E-state index is 15.4. The van der Waals surface area contributed by atoms with E-state index in [0.29, 0.717) is 17.5 Å². The van der Waals surface area contributed by atoms with Crippen LogP contribution in [0.15, 0.2) is 54.6 Å². The Bertz CT molecular complexity index is 1060. The third-order valence-electron chi connectivity index (χ3n) is 5.96. The minimum Gasteiger partial charge on any atom is -0.206 e. The Hall–Kier alpha value is -2.92. The first-order valence-electron chi connectivity index (χ1n) is 10.7. The van der Waals surface area contributed by atoms with Crippen molar-refractivity contribution in [2.45, 2.75) is 51.9 Å². The largest absolute Gasteiger partial charge is 0.206 e. The highest BCUT2D eigenvalue weighted by molar-refractivity contribution is 5.81. The van der Waals surface area contributed by atoms with Crippen LogP contribution in [0.1, 0.15) is 61.3 Å². The number of fused-ring (bicyclic) bond motifs is 3. The zero-order chi connectivity index (χ0) is 20.2. The molecule has 0 saturated heterocycles. The van der Waals surface area contributed by atoms with Gasteiger partial charge in [-0.1, -0.05) is 75.1 Å². The normalized spacial score (nSPS) is 11.8. The van der Waals surface area contributed by atoms with E-state index in [-0.39, 0.29) is 5.82 Å². The third-order valence-corrected chi connectivity index (χ3v) is 5.96. The lowest BCUT2D eigenvalue weighted by molar-refractivity contribution is 0.620. The molecule has 0 spiro atoms. The molecular weight excluding hydrogens is 357 g/mol. The average molecular weight is 384 g/mol. The topological polar surface area (TPSA) is 23.8 Å². The minimum absolute atomic E-state index is 0.135. The smallest absolute Gasteiger partial charge is 0.135 e. The van der Waals surface area contributed by atoms with Crippen molar-refractivity contribution in [3.05, 3.63) is 82.7 Å². The van der Waals surface area contributed by atoms with Crippen LogP contribution in [0.4, 0.5) is 4.39 Å². The first-order valence-corrected chi connectivity index (χ1v) is 10.7. The van der Waals surface area contributed by atoms with Crippen molar-refractivity contribution in [3.8, 4) is 28.3 Å². The van der Waals surface area contributed by atoms with E-state index in [1.807, 2.05) is 24.3 Å². The molecule has 0 heterocycles. The minimum atomic E-state index is -0.135. The van der Waals surface area contributed by atoms with Crippen LogP contribution in [-0.2, 0) is 12.8 Å². The number of nitriles is 1. The monoisotopic (exact) mass is 383 g/mol. The summed E-state index contributed by atoms with van der Waals surface area (Å²) in [6.07, 6.45) is 8.18. The first kappa shape index (κ1) is 19.4. The first-order chi connectivity index (χ1) is 14.2. The molecule has 2 heteroatoms. The standard InChI is InChI=1S/C27H26FN/c1-2-3-4-5-6-7-19-10-13-23-22(16-19)17-26-25(23)15-14-24(27(26)28)21-11-8-20(18-29)9-12-21/h8-16H,2-7,17H2,1H3. The van der Waals surface area contributed by atoms with Gasteiger partial charge in [-0.25, -0.2) is 4.39 Å². The molecule has 0 unspecified atom stereocenters. The second-order valence-electron chi connectivity index (χ2n) is 7.97. The van der Waals surface area contributed by atoms with Crippen LogP contribution in [0.2, 0.25) is 0 Å². The van der Waals surface area contributed by atoms with E-state index in [4.69, 9.17) is 5.26 Å². The fraction of sp³-hybridized carbons (Fsp3) is 0.296. The third kappa shape index (κ3) is 3.96. The van der Waals surface area contributed by atoms with Gasteiger partial charge in [0.15, 0.2) is 0 Å². The number of hydrogen-bond donors (Lipinski definition) is 0. The molecule has 146 valence electrons. The SMILES string of the molecule is CCCCCCCc1ccc2c(c1)Cc1c-2ccc(-c2ccc(C#N)cc2)c1F. The zero-order valence-electron chi connectivity index (χ0n) is 17.0. The van der Waals surface area contributed by atoms with E-state index in [9.17, 15) is 0 Å². The summed E-state index contributed by atoms with van der Waals surface area (Å²) in [6.45, 7) is 2.24. The van der Waals surface area contributed by atoms with Crippen LogP contribution < -0.4 is 0 Å². The van der Waals surface area contributed by atoms with Gasteiger partial charge < -0.3 is 0 Å². The van der Waals surface area contributed by atoms with Crippen LogP contribution in [0, 0.1) is 17.1 Å². The summed E-state index contributed by atoms with van der Waals surface area (Å²) in [5.41, 5.74) is 7.59. The second kappa shape index (κ2) is 8.62. The van der Waals surface area contributed by atoms with Crippen molar-refractivity contribution in [1.29, 1.82) is 5.26 Å². The van der Waals surface area contributed by atoms with Crippen molar-refractivity contribution < 1.29 is 4.39 Å². The van der Waals surface area contributed by atoms with E-state index in [1.165, 1.54) is 48.8 Å². The predicted molar refractivity (Wildman–Crippen MR) is 117 cm³/mol. The molecule has 0 bridgehead atoms. The van der Waals surface area contributed by atoms with Crippen molar-refractivity contribution in [1.82, 2.24) is 0 Å². The number of benzene rings is 3. The highest BCUT2D eigenvalue weighted by atomic mass is 19.1. The molecular formula is C27H26FN. The van der Waals surface area contributed by atoms with E-state index in [2.05, 4.69) is 31.2 Å². The number of unbranched alkanes of at least 4 members (excludes halogenated alkanes) is 4. The Morgan fingerprint density at radius 3 is 2.34 bits per heavy atom. The number of halogens is 1. The Morgan fingerprint density at radius 1 is 0.862 bits per heavy atom. The molecule has 3 aromatic rings. The van der Waals surface area contributed by atoms with Crippen LogP contribution in [0.25, 0.3) is 22.3 Å². The lowest BCUT2D eigenvalue weighted by atomic mass is 9.97. The van der Waals surface area contributed by atoms with Gasteiger partial charge in [0.05, 0.1) is 11.6 Å². The fourth-order valence-corrected chi connectivity index (χ4v) is 4.33. The molecule has 0 fully saturated rings. The van der Waals surface area contributed by atoms with Gasteiger partial charge in [-0.2, -0.15) is 5.26 Å². The van der Waals surface area contributed by atoms with Gasteiger partial charge in [0.2, 0.25) is 0 Å². The van der Waals surface area contributed by atoms with Gasteiger partial charge in [0.1, 0.15) is 5.82 Å². The van der Waals surface area contributed by atoms with Crippen LogP contribution >= 0.6 is 0 Å². The molecule has 1 nitrogen and oxygen atoms in total. The maximum atomic E-state index is 15.4. The van der Waals surface area contributed by atoms with Crippen molar-refractivity contribution in [3.63, 3.8) is 0 Å². The van der Waals surface area contributed by atoms with Crippen molar-refractivity contribution in [2.24, 2.45) is 0 Å². The molecule has 0 saturated carbocycles. The molecule has 0 aromatic heterocycles. The molecule has 0 aliphatic heterocycles. The lowest BCUT2D eigenvalue weighted by Gasteiger charge is -2.09. The van der Waals surface area contributed by atoms with Gasteiger partial charge in [-0.15, -0.1) is 0 Å². The summed E-state index contributed by atoms with van der Waals surface area (Å²) in [4.78, 5) is 0. The van der Waals surface area contributed by atoms with Crippen molar-refractivity contribution in [2.75, 3.05) is 0 Å². The van der Waals surface area contributed by atoms with Crippen molar-refractivity contribution >= 4 is 0 Å². The average Bonchev–Trinajstić information content (AvgIpc) is 3.13. The summed E-state index contributed by atoms with van der Waals surface area (Å²) in [5, 5.41) is 8.97. The Labute approximate surface area is 172 Å². The van der Waals surface area contributed by atoms with Gasteiger partial charge >= 0.3 is 0 Å². The van der Waals surface area contributed by atoms with Gasteiger partial charge in [-0.05, 0) is 52.8 Å². The molecule has 4 rings (SSSR count). The van der Waals surface area contributed by atoms with Gasteiger partial charge in [0, 0.05) is 17.5 Å². The summed E-state index contributed by atoms with van der Waals surface area (Å²) in [7, 11) is 0. The number of rotatable bonds is 7. The molecule has 3 aromatic carbocycles. The molecule has 0 amide bonds. The van der Waals surface area contributed by atoms with Gasteiger partial charge in [0.25, 0.3) is 0 Å². The highest BCUT2D eigenvalue weighted by Gasteiger charge is 2.24. The lowest BCUT2D eigenvalue weighted by Crippen LogP contribution is -1.92. The summed E-state index contributed by atoms with van der Waals surface area (Å²) in [6, 6.07) is 19.8. The molecule has 0 radical (unpaired) electrons. The Kier molecular flexibility index (Phi) is 5.76. The molecule has 29 heavy (non-hydrogen) atoms. The van der Waals surface area contributed by atoms with E-state index in [1.54, 1.807) is 12.1 Å². The quantitative estimate of drug-likeness (QED) is 0.304. The zero-order valence-corrected chi connectivity index (χ0v) is 17.0. The maximum Gasteiger partial charge on any atom is 0.135 e. The van der Waals surface area contributed by atoms with Crippen LogP contribution in [0.3, 0.4) is 0 Å². The second-order valence-corrected chi connectivity index (χ2v) is 7.97. The highest BCUT2D eigenvalue weighted by Crippen LogP contribution is 2.41. The van der Waals surface area contributed by atoms with E-state index >= 15 is 4.39 Å². The number of aryl methyl sites for hydroxylation is 1. The van der Waals surface area contributed by atoms with Crippen LogP contribution in [0.5, 0.6) is 0 Å². The van der Waals surface area contributed by atoms with Gasteiger partial charge in [-0.3, -0.25) is 0 Å². The molecule has 0 atom stereocenters. The summed E-state index contributed by atoms with van der Waals surface area (Å²) in [5.74, 6) is -0.135. The Morgan fingerprint density at radius 2 is 1.59 bits per heavy atom. The van der Waals surface area contributed by atoms with E-state index in [0.717, 1.165) is 23.1 Å². The molecule has 1 aliphatic carbocycles. The predicted octanol–water partition coefficient (Wildman–Crippen LogP) is 7.45. The molecule has 0 N–H and O–H groups in total. The number of hydrogen-bond acceptors (Lipinski definition) is 1. The van der Waals surface area contributed by atoms with E-state index < -0.39 is 0 Å². The Balaban J connectivity index is 1.55.